The lowest BCUT2D eigenvalue weighted by Crippen LogP contribution is -2.35. The fourth-order valence-electron chi connectivity index (χ4n) is 4.32. The first kappa shape index (κ1) is 28.1. The summed E-state index contributed by atoms with van der Waals surface area (Å²) in [6.07, 6.45) is 3.01. The molecule has 196 valence electrons. The van der Waals surface area contributed by atoms with Gasteiger partial charge in [0.25, 0.3) is 0 Å². The molecule has 8 nitrogen and oxygen atoms in total. The molecule has 0 spiro atoms. The van der Waals surface area contributed by atoms with E-state index in [9.17, 15) is 18.0 Å². The van der Waals surface area contributed by atoms with Crippen LogP contribution in [0, 0.1) is 11.3 Å². The number of carbonyl (C=O) groups excluding carboxylic acids is 2. The number of allylic oxidation sites excluding steroid dienone is 2. The Hall–Kier alpha value is -3.46. The van der Waals surface area contributed by atoms with Gasteiger partial charge < -0.3 is 5.32 Å². The number of aryl methyl sites for hydroxylation is 1. The van der Waals surface area contributed by atoms with Crippen LogP contribution >= 0.6 is 0 Å². The van der Waals surface area contributed by atoms with Crippen molar-refractivity contribution in [2.24, 2.45) is 21.3 Å². The fraction of sp³-hybridized carbons (Fsp3) is 0.393. The fourth-order valence-corrected chi connectivity index (χ4v) is 5.21. The molecule has 1 unspecified atom stereocenters. The predicted molar refractivity (Wildman–Crippen MR) is 147 cm³/mol. The van der Waals surface area contributed by atoms with Crippen LogP contribution in [0.5, 0.6) is 0 Å². The van der Waals surface area contributed by atoms with Gasteiger partial charge in [-0.05, 0) is 63.2 Å². The number of benzene rings is 1. The first-order valence-corrected chi connectivity index (χ1v) is 14.0. The lowest BCUT2D eigenvalue weighted by molar-refractivity contribution is -0.115. The second kappa shape index (κ2) is 11.3. The Balaban J connectivity index is 1.75. The zero-order valence-corrected chi connectivity index (χ0v) is 22.9. The molecule has 1 heterocycles. The van der Waals surface area contributed by atoms with Crippen molar-refractivity contribution >= 4 is 39.9 Å². The molecule has 1 aliphatic carbocycles. The molecule has 0 fully saturated rings. The number of Topliss-reactive ketones (excluding diaryl/α,β-unsaturated/α-hetero) is 1. The molecular weight excluding hydrogens is 488 g/mol. The van der Waals surface area contributed by atoms with E-state index in [4.69, 9.17) is 0 Å². The quantitative estimate of drug-likeness (QED) is 0.393. The number of rotatable bonds is 8. The number of ketones is 1. The van der Waals surface area contributed by atoms with Crippen LogP contribution < -0.4 is 5.32 Å². The summed E-state index contributed by atoms with van der Waals surface area (Å²) < 4.78 is 23.9. The standard InChI is InChI=1S/C28H34N4O4S/c1-7-23(31-27(29-6)18(3)4)28(5)16-15-22-21(26(28)34)13-14-24(30-22)32-25(33)17-19-9-11-20(12-10-19)37(35,36)8-2/h7,9-14,18H,6,8,15-17H2,1-5H3,(H,30,32,33)/b23-7-,31-27?. The third-order valence-corrected chi connectivity index (χ3v) is 8.38. The van der Waals surface area contributed by atoms with Crippen molar-refractivity contribution in [3.8, 4) is 0 Å². The average Bonchev–Trinajstić information content (AvgIpc) is 2.87. The molecule has 1 atom stereocenters. The molecule has 1 N–H and O–H groups in total. The summed E-state index contributed by atoms with van der Waals surface area (Å²) in [5, 5.41) is 2.78. The Morgan fingerprint density at radius 1 is 1.22 bits per heavy atom. The highest BCUT2D eigenvalue weighted by molar-refractivity contribution is 7.91. The first-order chi connectivity index (χ1) is 17.4. The van der Waals surface area contributed by atoms with Crippen LogP contribution in [0.15, 0.2) is 63.1 Å². The molecule has 37 heavy (non-hydrogen) atoms. The first-order valence-electron chi connectivity index (χ1n) is 12.3. The number of anilines is 1. The number of aromatic nitrogens is 1. The number of amidine groups is 1. The summed E-state index contributed by atoms with van der Waals surface area (Å²) in [6.45, 7) is 12.9. The van der Waals surface area contributed by atoms with Crippen LogP contribution in [0.25, 0.3) is 0 Å². The molecule has 0 saturated carbocycles. The van der Waals surface area contributed by atoms with Crippen LogP contribution in [-0.2, 0) is 27.5 Å². The lowest BCUT2D eigenvalue weighted by Gasteiger charge is -2.33. The number of amides is 1. The van der Waals surface area contributed by atoms with Crippen LogP contribution in [0.4, 0.5) is 5.82 Å². The van der Waals surface area contributed by atoms with E-state index in [0.29, 0.717) is 47.0 Å². The van der Waals surface area contributed by atoms with Crippen molar-refractivity contribution in [1.82, 2.24) is 4.98 Å². The number of carbonyl (C=O) groups is 2. The van der Waals surface area contributed by atoms with E-state index in [-0.39, 0.29) is 34.7 Å². The lowest BCUT2D eigenvalue weighted by atomic mass is 9.71. The summed E-state index contributed by atoms with van der Waals surface area (Å²) in [4.78, 5) is 39.6. The maximum atomic E-state index is 13.5. The van der Waals surface area contributed by atoms with Gasteiger partial charge in [-0.1, -0.05) is 39.0 Å². The van der Waals surface area contributed by atoms with Crippen molar-refractivity contribution in [3.63, 3.8) is 0 Å². The Morgan fingerprint density at radius 3 is 2.46 bits per heavy atom. The molecule has 0 aliphatic heterocycles. The average molecular weight is 523 g/mol. The van der Waals surface area contributed by atoms with Gasteiger partial charge in [-0.25, -0.2) is 23.4 Å². The number of nitrogens with zero attached hydrogens (tertiary/aromatic N) is 3. The van der Waals surface area contributed by atoms with E-state index in [0.717, 1.165) is 0 Å². The van der Waals surface area contributed by atoms with Gasteiger partial charge in [0, 0.05) is 11.5 Å². The number of hydrogen-bond acceptors (Lipinski definition) is 6. The summed E-state index contributed by atoms with van der Waals surface area (Å²) in [5.74, 6) is 0.710. The SMILES string of the molecule is C=NC(=N/C(=C\C)C1(C)CCc2nc(NC(=O)Cc3ccc(S(=O)(=O)CC)cc3)ccc2C1=O)C(C)C. The van der Waals surface area contributed by atoms with Gasteiger partial charge in [-0.2, -0.15) is 0 Å². The number of sulfone groups is 1. The second-order valence-electron chi connectivity index (χ2n) is 9.58. The van der Waals surface area contributed by atoms with E-state index in [2.05, 4.69) is 27.0 Å². The Morgan fingerprint density at radius 2 is 1.89 bits per heavy atom. The summed E-state index contributed by atoms with van der Waals surface area (Å²) in [7, 11) is -3.29. The third kappa shape index (κ3) is 6.10. The monoisotopic (exact) mass is 522 g/mol. The molecule has 2 aromatic rings. The Bertz CT molecular complexity index is 1380. The van der Waals surface area contributed by atoms with Crippen molar-refractivity contribution in [2.45, 2.75) is 58.8 Å². The van der Waals surface area contributed by atoms with E-state index in [1.165, 1.54) is 12.1 Å². The minimum atomic E-state index is -3.29. The normalized spacial score (nSPS) is 18.5. The van der Waals surface area contributed by atoms with Gasteiger partial charge in [0.2, 0.25) is 5.91 Å². The minimum Gasteiger partial charge on any atom is -0.310 e. The summed E-state index contributed by atoms with van der Waals surface area (Å²) in [6, 6.07) is 9.62. The summed E-state index contributed by atoms with van der Waals surface area (Å²) in [5.41, 5.74) is 1.70. The van der Waals surface area contributed by atoms with E-state index < -0.39 is 15.3 Å². The van der Waals surface area contributed by atoms with Crippen LogP contribution in [-0.4, -0.2) is 43.4 Å². The van der Waals surface area contributed by atoms with Gasteiger partial charge >= 0.3 is 0 Å². The molecule has 0 radical (unpaired) electrons. The molecule has 0 saturated heterocycles. The van der Waals surface area contributed by atoms with Gasteiger partial charge in [0.05, 0.1) is 33.9 Å². The topological polar surface area (TPSA) is 118 Å². The van der Waals surface area contributed by atoms with Gasteiger partial charge in [-0.3, -0.25) is 9.59 Å². The number of fused-ring (bicyclic) bond motifs is 1. The molecule has 1 aliphatic rings. The number of aliphatic imine (C=N–C) groups is 2. The Labute approximate surface area is 219 Å². The van der Waals surface area contributed by atoms with Gasteiger partial charge in [0.1, 0.15) is 11.7 Å². The van der Waals surface area contributed by atoms with Crippen LogP contribution in [0.3, 0.4) is 0 Å². The van der Waals surface area contributed by atoms with Crippen molar-refractivity contribution in [2.75, 3.05) is 11.1 Å². The van der Waals surface area contributed by atoms with Gasteiger partial charge in [0.15, 0.2) is 15.6 Å². The van der Waals surface area contributed by atoms with Crippen molar-refractivity contribution in [1.29, 1.82) is 0 Å². The van der Waals surface area contributed by atoms with E-state index in [1.807, 2.05) is 33.8 Å². The van der Waals surface area contributed by atoms with E-state index in [1.54, 1.807) is 31.2 Å². The van der Waals surface area contributed by atoms with Crippen LogP contribution in [0.1, 0.15) is 62.7 Å². The highest BCUT2D eigenvalue weighted by Crippen LogP contribution is 2.41. The number of pyridine rings is 1. The molecule has 1 aromatic heterocycles. The molecular formula is C28H34N4O4S. The minimum absolute atomic E-state index is 0.0206. The van der Waals surface area contributed by atoms with E-state index >= 15 is 0 Å². The molecule has 3 rings (SSSR count). The molecule has 9 heteroatoms. The molecule has 0 bridgehead atoms. The smallest absolute Gasteiger partial charge is 0.229 e. The maximum Gasteiger partial charge on any atom is 0.229 e. The second-order valence-corrected chi connectivity index (χ2v) is 11.9. The number of nitrogens with one attached hydrogen (secondary N) is 1. The summed E-state index contributed by atoms with van der Waals surface area (Å²) >= 11 is 0. The van der Waals surface area contributed by atoms with Crippen LogP contribution in [0.2, 0.25) is 0 Å². The predicted octanol–water partition coefficient (Wildman–Crippen LogP) is 4.85. The highest BCUT2D eigenvalue weighted by Gasteiger charge is 2.42. The Kier molecular flexibility index (Phi) is 8.58. The van der Waals surface area contributed by atoms with Crippen molar-refractivity contribution < 1.29 is 18.0 Å². The molecule has 1 aromatic carbocycles. The zero-order chi connectivity index (χ0) is 27.4. The zero-order valence-electron chi connectivity index (χ0n) is 22.0. The number of hydrogen-bond donors (Lipinski definition) is 1. The highest BCUT2D eigenvalue weighted by atomic mass is 32.2. The molecule has 1 amide bonds. The van der Waals surface area contributed by atoms with Gasteiger partial charge in [-0.15, -0.1) is 0 Å². The van der Waals surface area contributed by atoms with Crippen molar-refractivity contribution in [3.05, 3.63) is 65.0 Å². The third-order valence-electron chi connectivity index (χ3n) is 6.63. The maximum absolute atomic E-state index is 13.5. The largest absolute Gasteiger partial charge is 0.310 e.